The van der Waals surface area contributed by atoms with E-state index >= 15 is 0 Å². The predicted molar refractivity (Wildman–Crippen MR) is 79.7 cm³/mol. The van der Waals surface area contributed by atoms with E-state index in [2.05, 4.69) is 26.6 Å². The molecule has 0 aliphatic heterocycles. The maximum Gasteiger partial charge on any atom is 0.326 e. The second kappa shape index (κ2) is 5.48. The number of carbonyl (C=O) groups excluding carboxylic acids is 1. The molecule has 2 rings (SSSR count). The van der Waals surface area contributed by atoms with Crippen LogP contribution in [0, 0.1) is 20.8 Å². The lowest BCUT2D eigenvalue weighted by Gasteiger charge is -2.12. The van der Waals surface area contributed by atoms with Crippen molar-refractivity contribution in [3.63, 3.8) is 0 Å². The van der Waals surface area contributed by atoms with E-state index in [4.69, 9.17) is 4.42 Å². The maximum atomic E-state index is 11.9. The van der Waals surface area contributed by atoms with E-state index in [0.29, 0.717) is 10.6 Å². The first-order valence-electron chi connectivity index (χ1n) is 5.87. The molecule has 0 aliphatic rings. The van der Waals surface area contributed by atoms with Crippen LogP contribution in [0.4, 0.5) is 16.4 Å². The van der Waals surface area contributed by atoms with Crippen LogP contribution < -0.4 is 10.6 Å². The number of urea groups is 1. The van der Waals surface area contributed by atoms with Crippen LogP contribution in [-0.4, -0.2) is 6.03 Å². The molecule has 0 bridgehead atoms. The van der Waals surface area contributed by atoms with Crippen LogP contribution in [0.15, 0.2) is 33.4 Å². The van der Waals surface area contributed by atoms with Crippen molar-refractivity contribution in [3.05, 3.63) is 45.6 Å². The second-order valence-electron chi connectivity index (χ2n) is 4.46. The maximum absolute atomic E-state index is 11.9. The monoisotopic (exact) mass is 322 g/mol. The third kappa shape index (κ3) is 3.38. The zero-order valence-electron chi connectivity index (χ0n) is 11.0. The van der Waals surface area contributed by atoms with E-state index < -0.39 is 0 Å². The summed E-state index contributed by atoms with van der Waals surface area (Å²) in [4.78, 5) is 11.9. The fourth-order valence-electron chi connectivity index (χ4n) is 2.02. The van der Waals surface area contributed by atoms with Crippen molar-refractivity contribution in [1.29, 1.82) is 0 Å². The lowest BCUT2D eigenvalue weighted by atomic mass is 10.1. The molecule has 19 heavy (non-hydrogen) atoms. The fourth-order valence-corrected chi connectivity index (χ4v) is 2.32. The number of nitrogens with one attached hydrogen (secondary N) is 2. The molecule has 1 aromatic carbocycles. The minimum Gasteiger partial charge on any atom is -0.434 e. The Bertz CT molecular complexity index is 597. The van der Waals surface area contributed by atoms with Crippen molar-refractivity contribution in [2.24, 2.45) is 0 Å². The van der Waals surface area contributed by atoms with Gasteiger partial charge in [-0.15, -0.1) is 0 Å². The average molecular weight is 323 g/mol. The van der Waals surface area contributed by atoms with Crippen molar-refractivity contribution >= 4 is 33.5 Å². The molecule has 0 saturated carbocycles. The molecular formula is C14H15BrN2O2. The van der Waals surface area contributed by atoms with Crippen molar-refractivity contribution in [1.82, 2.24) is 0 Å². The highest BCUT2D eigenvalue weighted by Gasteiger charge is 2.09. The molecule has 100 valence electrons. The summed E-state index contributed by atoms with van der Waals surface area (Å²) in [7, 11) is 0. The summed E-state index contributed by atoms with van der Waals surface area (Å²) in [5.74, 6) is 0.395. The van der Waals surface area contributed by atoms with Gasteiger partial charge in [0.1, 0.15) is 0 Å². The van der Waals surface area contributed by atoms with Crippen LogP contribution in [0.3, 0.4) is 0 Å². The lowest BCUT2D eigenvalue weighted by Crippen LogP contribution is -2.20. The highest BCUT2D eigenvalue weighted by molar-refractivity contribution is 9.10. The van der Waals surface area contributed by atoms with Crippen molar-refractivity contribution in [2.75, 3.05) is 10.6 Å². The van der Waals surface area contributed by atoms with E-state index in [1.54, 1.807) is 12.1 Å². The highest BCUT2D eigenvalue weighted by Crippen LogP contribution is 2.23. The molecule has 1 heterocycles. The summed E-state index contributed by atoms with van der Waals surface area (Å²) in [5, 5.41) is 5.47. The van der Waals surface area contributed by atoms with Crippen LogP contribution in [0.1, 0.15) is 16.7 Å². The first-order chi connectivity index (χ1) is 8.95. The molecule has 1 aromatic heterocycles. The number of halogens is 1. The summed E-state index contributed by atoms with van der Waals surface area (Å²) in [6.07, 6.45) is 0. The van der Waals surface area contributed by atoms with Gasteiger partial charge in [0.05, 0.1) is 0 Å². The Morgan fingerprint density at radius 3 is 2.26 bits per heavy atom. The molecular weight excluding hydrogens is 308 g/mol. The smallest absolute Gasteiger partial charge is 0.326 e. The van der Waals surface area contributed by atoms with Crippen molar-refractivity contribution < 1.29 is 9.21 Å². The summed E-state index contributed by atoms with van der Waals surface area (Å²) in [6.45, 7) is 5.97. The Morgan fingerprint density at radius 2 is 1.74 bits per heavy atom. The first-order valence-corrected chi connectivity index (χ1v) is 6.66. The number of anilines is 2. The molecule has 0 radical (unpaired) electrons. The molecule has 5 heteroatoms. The normalized spacial score (nSPS) is 10.3. The van der Waals surface area contributed by atoms with Crippen LogP contribution in [0.25, 0.3) is 0 Å². The van der Waals surface area contributed by atoms with E-state index in [0.717, 1.165) is 16.8 Å². The van der Waals surface area contributed by atoms with Gasteiger partial charge in [-0.1, -0.05) is 17.7 Å². The SMILES string of the molecule is Cc1cc(C)c(NC(=O)Nc2ccc(Br)o2)c(C)c1. The fraction of sp³-hybridized carbons (Fsp3) is 0.214. The Balaban J connectivity index is 2.11. The van der Waals surface area contributed by atoms with Crippen molar-refractivity contribution in [2.45, 2.75) is 20.8 Å². The molecule has 2 N–H and O–H groups in total. The number of benzene rings is 1. The molecule has 4 nitrogen and oxygen atoms in total. The average Bonchev–Trinajstić information content (AvgIpc) is 2.69. The number of carbonyl (C=O) groups is 1. The molecule has 2 amide bonds. The molecule has 0 atom stereocenters. The molecule has 0 fully saturated rings. The minimum atomic E-state index is -0.322. The Kier molecular flexibility index (Phi) is 3.95. The summed E-state index contributed by atoms with van der Waals surface area (Å²) < 4.78 is 5.79. The molecule has 0 unspecified atom stereocenters. The van der Waals surface area contributed by atoms with Gasteiger partial charge in [0.25, 0.3) is 0 Å². The van der Waals surface area contributed by atoms with E-state index in [1.807, 2.05) is 32.9 Å². The molecule has 0 saturated heterocycles. The number of rotatable bonds is 2. The third-order valence-electron chi connectivity index (χ3n) is 2.73. The first kappa shape index (κ1) is 13.7. The van der Waals surface area contributed by atoms with Gasteiger partial charge in [-0.3, -0.25) is 5.32 Å². The molecule has 0 spiro atoms. The van der Waals surface area contributed by atoms with E-state index in [-0.39, 0.29) is 6.03 Å². The van der Waals surface area contributed by atoms with Crippen LogP contribution >= 0.6 is 15.9 Å². The van der Waals surface area contributed by atoms with Gasteiger partial charge in [0, 0.05) is 11.8 Å². The lowest BCUT2D eigenvalue weighted by molar-refractivity contribution is 0.261. The van der Waals surface area contributed by atoms with Gasteiger partial charge in [-0.25, -0.2) is 4.79 Å². The number of amides is 2. The Labute approximate surface area is 120 Å². The second-order valence-corrected chi connectivity index (χ2v) is 5.24. The minimum absolute atomic E-state index is 0.322. The zero-order chi connectivity index (χ0) is 14.0. The van der Waals surface area contributed by atoms with Crippen LogP contribution in [-0.2, 0) is 0 Å². The largest absolute Gasteiger partial charge is 0.434 e. The zero-order valence-corrected chi connectivity index (χ0v) is 12.6. The Hall–Kier alpha value is -1.75. The van der Waals surface area contributed by atoms with Gasteiger partial charge in [0.2, 0.25) is 5.88 Å². The predicted octanol–water partition coefficient (Wildman–Crippen LogP) is 4.61. The molecule has 0 aliphatic carbocycles. The van der Waals surface area contributed by atoms with Gasteiger partial charge in [-0.2, -0.15) is 0 Å². The van der Waals surface area contributed by atoms with E-state index in [1.165, 1.54) is 5.56 Å². The number of aryl methyl sites for hydroxylation is 3. The summed E-state index contributed by atoms with van der Waals surface area (Å²) in [6, 6.07) is 7.14. The highest BCUT2D eigenvalue weighted by atomic mass is 79.9. The van der Waals surface area contributed by atoms with Crippen molar-refractivity contribution in [3.8, 4) is 0 Å². The number of hydrogen-bond donors (Lipinski definition) is 2. The van der Waals surface area contributed by atoms with Crippen LogP contribution in [0.2, 0.25) is 0 Å². The van der Waals surface area contributed by atoms with E-state index in [9.17, 15) is 4.79 Å². The van der Waals surface area contributed by atoms with Gasteiger partial charge >= 0.3 is 6.03 Å². The van der Waals surface area contributed by atoms with Gasteiger partial charge in [-0.05, 0) is 53.9 Å². The third-order valence-corrected chi connectivity index (χ3v) is 3.15. The standard InChI is InChI=1S/C14H15BrN2O2/c1-8-6-9(2)13(10(3)7-8)17-14(18)16-12-5-4-11(15)19-12/h4-7H,1-3H3,(H2,16,17,18). The van der Waals surface area contributed by atoms with Crippen LogP contribution in [0.5, 0.6) is 0 Å². The molecule has 2 aromatic rings. The topological polar surface area (TPSA) is 54.3 Å². The number of hydrogen-bond acceptors (Lipinski definition) is 2. The van der Waals surface area contributed by atoms with Gasteiger partial charge < -0.3 is 9.73 Å². The summed E-state index contributed by atoms with van der Waals surface area (Å²) >= 11 is 3.18. The van der Waals surface area contributed by atoms with Gasteiger partial charge in [0.15, 0.2) is 4.67 Å². The number of furan rings is 1. The quantitative estimate of drug-likeness (QED) is 0.848. The Morgan fingerprint density at radius 1 is 1.11 bits per heavy atom. The summed E-state index contributed by atoms with van der Waals surface area (Å²) in [5.41, 5.74) is 4.08.